The second kappa shape index (κ2) is 13.4. The molecule has 0 amide bonds. The third-order valence-corrected chi connectivity index (χ3v) is 16.9. The Bertz CT molecular complexity index is 1820. The van der Waals surface area contributed by atoms with Crippen LogP contribution in [-0.4, -0.2) is 144 Å². The zero-order chi connectivity index (χ0) is 39.0. The van der Waals surface area contributed by atoms with E-state index >= 15 is 0 Å². The Morgan fingerprint density at radius 1 is 0.569 bits per heavy atom. The van der Waals surface area contributed by atoms with Crippen molar-refractivity contribution in [2.24, 2.45) is 11.8 Å². The summed E-state index contributed by atoms with van der Waals surface area (Å²) in [5.41, 5.74) is 1.46. The fourth-order valence-corrected chi connectivity index (χ4v) is 14.1. The molecule has 4 heterocycles. The molecule has 12 heteroatoms. The van der Waals surface area contributed by atoms with Gasteiger partial charge in [0.25, 0.3) is 0 Å². The van der Waals surface area contributed by atoms with Crippen molar-refractivity contribution in [1.29, 1.82) is 0 Å². The third-order valence-electron chi connectivity index (χ3n) is 16.9. The normalized spacial score (nSPS) is 40.2. The van der Waals surface area contributed by atoms with Crippen molar-refractivity contribution in [2.45, 2.75) is 136 Å². The zero-order valence-corrected chi connectivity index (χ0v) is 33.6. The number of hydrogen-bond acceptors (Lipinski definition) is 12. The molecule has 0 unspecified atom stereocenters. The van der Waals surface area contributed by atoms with Crippen molar-refractivity contribution in [3.63, 3.8) is 0 Å². The maximum Gasteiger partial charge on any atom is 0.165 e. The smallest absolute Gasteiger partial charge is 0.165 e. The van der Waals surface area contributed by atoms with Crippen LogP contribution in [-0.2, 0) is 42.6 Å². The highest BCUT2D eigenvalue weighted by Crippen LogP contribution is 2.67. The van der Waals surface area contributed by atoms with Gasteiger partial charge in [-0.1, -0.05) is 12.1 Å². The lowest BCUT2D eigenvalue weighted by Gasteiger charge is -2.64. The predicted molar refractivity (Wildman–Crippen MR) is 211 cm³/mol. The topological polar surface area (TPSA) is 143 Å². The van der Waals surface area contributed by atoms with Gasteiger partial charge in [0.05, 0.1) is 73.9 Å². The third kappa shape index (κ3) is 5.15. The number of phenols is 2. The summed E-state index contributed by atoms with van der Waals surface area (Å²) >= 11 is 0. The van der Waals surface area contributed by atoms with Crippen molar-refractivity contribution in [3.05, 3.63) is 46.5 Å². The van der Waals surface area contributed by atoms with Crippen LogP contribution < -0.4 is 9.47 Å². The van der Waals surface area contributed by atoms with Gasteiger partial charge in [0.2, 0.25) is 0 Å². The van der Waals surface area contributed by atoms with E-state index in [9.17, 15) is 20.4 Å². The van der Waals surface area contributed by atoms with Crippen molar-refractivity contribution < 1.29 is 48.8 Å². The average molecular weight is 801 g/mol. The largest absolute Gasteiger partial charge is 0.504 e. The number of likely N-dealkylation sites (tertiary alicyclic amines) is 2. The molecule has 12 rings (SSSR count). The molecular formula is C46H60N2O10. The van der Waals surface area contributed by atoms with E-state index in [1.54, 1.807) is 12.1 Å². The summed E-state index contributed by atoms with van der Waals surface area (Å²) in [7, 11) is 0. The van der Waals surface area contributed by atoms with Gasteiger partial charge in [-0.2, -0.15) is 0 Å². The molecule has 2 spiro atoms. The second-order valence-electron chi connectivity index (χ2n) is 19.7. The molecule has 0 radical (unpaired) electrons. The minimum atomic E-state index is -0.915. The summed E-state index contributed by atoms with van der Waals surface area (Å²) in [5, 5.41) is 47.2. The molecule has 58 heavy (non-hydrogen) atoms. The first kappa shape index (κ1) is 37.1. The van der Waals surface area contributed by atoms with E-state index in [-0.39, 0.29) is 48.0 Å². The maximum atomic E-state index is 12.7. The second-order valence-corrected chi connectivity index (χ2v) is 19.7. The highest BCUT2D eigenvalue weighted by atomic mass is 16.6. The Balaban J connectivity index is 0.628. The van der Waals surface area contributed by atoms with Gasteiger partial charge in [0, 0.05) is 36.3 Å². The molecule has 2 saturated heterocycles. The lowest BCUT2D eigenvalue weighted by molar-refractivity contribution is -0.217. The van der Waals surface area contributed by atoms with E-state index in [4.69, 9.17) is 28.4 Å². The van der Waals surface area contributed by atoms with Crippen molar-refractivity contribution in [1.82, 2.24) is 9.80 Å². The zero-order valence-electron chi connectivity index (χ0n) is 33.6. The van der Waals surface area contributed by atoms with Crippen molar-refractivity contribution in [3.8, 4) is 23.0 Å². The molecule has 4 N–H and O–H groups in total. The van der Waals surface area contributed by atoms with Crippen LogP contribution >= 0.6 is 0 Å². The van der Waals surface area contributed by atoms with Crippen LogP contribution in [0.25, 0.3) is 0 Å². The van der Waals surface area contributed by atoms with E-state index in [0.717, 1.165) is 74.8 Å². The molecule has 314 valence electrons. The van der Waals surface area contributed by atoms with Crippen LogP contribution in [0.15, 0.2) is 24.3 Å². The fourth-order valence-electron chi connectivity index (χ4n) is 14.1. The Morgan fingerprint density at radius 2 is 1.00 bits per heavy atom. The average Bonchev–Trinajstić information content (AvgIpc) is 4.14. The summed E-state index contributed by atoms with van der Waals surface area (Å²) in [6.45, 7) is 6.49. The molecule has 0 aromatic heterocycles. The van der Waals surface area contributed by atoms with Gasteiger partial charge in [0.15, 0.2) is 23.0 Å². The number of benzene rings is 2. The van der Waals surface area contributed by atoms with E-state index < -0.39 is 22.0 Å². The summed E-state index contributed by atoms with van der Waals surface area (Å²) < 4.78 is 38.2. The van der Waals surface area contributed by atoms with Crippen LogP contribution in [0.2, 0.25) is 0 Å². The van der Waals surface area contributed by atoms with Gasteiger partial charge in [-0.25, -0.2) is 0 Å². The number of aliphatic hydroxyl groups is 2. The van der Waals surface area contributed by atoms with Crippen LogP contribution in [0.5, 0.6) is 23.0 Å². The standard InChI is InChI=1S/C46H60N2O10/c49-31-7-5-29-23-35-45(51)11-9-33(41-43(45,37(29)39(31)57-41)13-15-47(35)25-27-1-2-27)55-21-19-53-17-18-54-20-22-56-34-10-12-46(52)36-24-30-6-8-32(50)40-38(30)44(46,42(34)58-40)14-16-48(36)26-28-3-4-28/h5-8,27-28,33-36,41-42,49-52H,1-4,9-26H2/t33-,34-,35+,36+,41-,42-,43-,44-,45+,46+/m0/s1. The SMILES string of the molecule is Oc1ccc2c3c1O[C@H]1[C@@H](OCCOCCOCCO[C@H]4CC[C@@]5(O)[C@H]6Cc7ccc(O)c8c7[C@@]5(CCN6CC5CC5)[C@H]4O8)CC[C@@]4(O)[C@@H](C2)N(CC2CC2)CC[C@]314. The lowest BCUT2D eigenvalue weighted by Crippen LogP contribution is -2.77. The Kier molecular flexibility index (Phi) is 8.58. The Morgan fingerprint density at radius 3 is 1.43 bits per heavy atom. The van der Waals surface area contributed by atoms with Crippen molar-refractivity contribution in [2.75, 3.05) is 65.8 Å². The predicted octanol–water partition coefficient (Wildman–Crippen LogP) is 3.73. The highest BCUT2D eigenvalue weighted by Gasteiger charge is 2.75. The molecule has 6 fully saturated rings. The molecular weight excluding hydrogens is 741 g/mol. The van der Waals surface area contributed by atoms with E-state index in [1.807, 2.05) is 12.1 Å². The number of aromatic hydroxyl groups is 2. The van der Waals surface area contributed by atoms with Crippen LogP contribution in [0.4, 0.5) is 0 Å². The number of hydrogen-bond donors (Lipinski definition) is 4. The monoisotopic (exact) mass is 800 g/mol. The fraction of sp³-hybridized carbons (Fsp3) is 0.739. The van der Waals surface area contributed by atoms with Gasteiger partial charge in [-0.05, 0) is 125 Å². The van der Waals surface area contributed by atoms with Gasteiger partial charge in [-0.3, -0.25) is 9.80 Å². The number of phenolic OH excluding ortho intramolecular Hbond substituents is 2. The first-order valence-corrected chi connectivity index (χ1v) is 22.6. The van der Waals surface area contributed by atoms with E-state index in [1.165, 1.54) is 36.8 Å². The summed E-state index contributed by atoms with van der Waals surface area (Å²) in [5.74, 6) is 2.91. The summed E-state index contributed by atoms with van der Waals surface area (Å²) in [6.07, 6.45) is 9.93. The van der Waals surface area contributed by atoms with Gasteiger partial charge in [-0.15, -0.1) is 0 Å². The highest BCUT2D eigenvalue weighted by molar-refractivity contribution is 5.64. The number of nitrogens with zero attached hydrogens (tertiary/aromatic N) is 2. The van der Waals surface area contributed by atoms with Crippen molar-refractivity contribution >= 4 is 0 Å². The quantitative estimate of drug-likeness (QED) is 0.195. The molecule has 4 bridgehead atoms. The number of rotatable bonds is 15. The van der Waals surface area contributed by atoms with Gasteiger partial charge in [0.1, 0.15) is 12.2 Å². The molecule has 4 aliphatic heterocycles. The minimum absolute atomic E-state index is 0.0539. The van der Waals surface area contributed by atoms with E-state index in [2.05, 4.69) is 9.80 Å². The molecule has 6 aliphatic carbocycles. The Hall–Kier alpha value is -2.68. The summed E-state index contributed by atoms with van der Waals surface area (Å²) in [4.78, 5) is 5.11. The van der Waals surface area contributed by atoms with Crippen LogP contribution in [0.1, 0.15) is 86.5 Å². The first-order valence-electron chi connectivity index (χ1n) is 22.6. The molecule has 12 nitrogen and oxygen atoms in total. The molecule has 2 aromatic rings. The van der Waals surface area contributed by atoms with Gasteiger partial charge >= 0.3 is 0 Å². The number of ether oxygens (including phenoxy) is 6. The summed E-state index contributed by atoms with van der Waals surface area (Å²) in [6, 6.07) is 7.71. The van der Waals surface area contributed by atoms with E-state index in [0.29, 0.717) is 76.8 Å². The first-order chi connectivity index (χ1) is 28.2. The van der Waals surface area contributed by atoms with Crippen LogP contribution in [0.3, 0.4) is 0 Å². The molecule has 10 aliphatic rings. The number of piperidine rings is 2. The Labute approximate surface area is 340 Å². The molecule has 2 aromatic carbocycles. The molecule has 10 atom stereocenters. The van der Waals surface area contributed by atoms with Crippen LogP contribution in [0, 0.1) is 11.8 Å². The maximum absolute atomic E-state index is 12.7. The minimum Gasteiger partial charge on any atom is -0.504 e. The molecule has 4 saturated carbocycles. The lowest BCUT2D eigenvalue weighted by atomic mass is 9.48. The van der Waals surface area contributed by atoms with Gasteiger partial charge < -0.3 is 48.8 Å².